The molecule has 1 aliphatic rings. The number of fused-ring (bicyclic) bond motifs is 1. The minimum Gasteiger partial charge on any atom is -0.550 e. The summed E-state index contributed by atoms with van der Waals surface area (Å²) in [5.74, 6) is 0.0155. The number of carbonyl (C=O) groups excluding carboxylic acids is 2. The van der Waals surface area contributed by atoms with Crippen LogP contribution in [0, 0.1) is 5.41 Å². The Kier molecular flexibility index (Phi) is 4.35. The van der Waals surface area contributed by atoms with Crippen LogP contribution in [0.2, 0.25) is 0 Å². The Bertz CT molecular complexity index is 553. The Morgan fingerprint density at radius 1 is 1.24 bits per heavy atom. The lowest BCUT2D eigenvalue weighted by atomic mass is 9.85. The van der Waals surface area contributed by atoms with Crippen LogP contribution in [-0.4, -0.2) is 18.7 Å². The number of benzene rings is 1. The Balaban J connectivity index is 1.85. The highest BCUT2D eigenvalue weighted by Gasteiger charge is 2.22. The second-order valence-electron chi connectivity index (χ2n) is 5.85. The summed E-state index contributed by atoms with van der Waals surface area (Å²) in [5, 5.41) is 13.4. The summed E-state index contributed by atoms with van der Waals surface area (Å²) in [6.45, 7) is 4.02. The van der Waals surface area contributed by atoms with E-state index in [9.17, 15) is 14.7 Å². The molecular formula is C15H18NO5-. The van der Waals surface area contributed by atoms with Gasteiger partial charge in [0.2, 0.25) is 12.7 Å². The van der Waals surface area contributed by atoms with E-state index in [2.05, 4.69) is 5.32 Å². The number of hydrogen-bond acceptors (Lipinski definition) is 5. The van der Waals surface area contributed by atoms with Gasteiger partial charge in [-0.05, 0) is 29.5 Å². The third kappa shape index (κ3) is 4.37. The van der Waals surface area contributed by atoms with Crippen molar-refractivity contribution in [3.63, 3.8) is 0 Å². The van der Waals surface area contributed by atoms with E-state index in [1.807, 2.05) is 12.1 Å². The van der Waals surface area contributed by atoms with E-state index in [0.29, 0.717) is 18.0 Å². The van der Waals surface area contributed by atoms with E-state index in [-0.39, 0.29) is 25.5 Å². The van der Waals surface area contributed by atoms with E-state index in [1.165, 1.54) is 0 Å². The molecule has 1 aromatic carbocycles. The molecule has 1 amide bonds. The summed E-state index contributed by atoms with van der Waals surface area (Å²) in [6.07, 6.45) is -0.0179. The summed E-state index contributed by atoms with van der Waals surface area (Å²) in [7, 11) is 0. The van der Waals surface area contributed by atoms with E-state index >= 15 is 0 Å². The average molecular weight is 292 g/mol. The lowest BCUT2D eigenvalue weighted by Gasteiger charge is -2.24. The first-order valence-electron chi connectivity index (χ1n) is 6.71. The highest BCUT2D eigenvalue weighted by atomic mass is 16.7. The van der Waals surface area contributed by atoms with Crippen LogP contribution in [0.3, 0.4) is 0 Å². The van der Waals surface area contributed by atoms with Crippen LogP contribution in [0.1, 0.15) is 32.3 Å². The first-order chi connectivity index (χ1) is 9.85. The molecule has 0 unspecified atom stereocenters. The molecule has 0 bridgehead atoms. The minimum atomic E-state index is -1.15. The van der Waals surface area contributed by atoms with Crippen molar-refractivity contribution in [2.24, 2.45) is 5.41 Å². The van der Waals surface area contributed by atoms with Gasteiger partial charge >= 0.3 is 0 Å². The molecule has 0 radical (unpaired) electrons. The maximum atomic E-state index is 11.9. The molecule has 2 rings (SSSR count). The normalized spacial score (nSPS) is 13.0. The zero-order valence-electron chi connectivity index (χ0n) is 12.1. The van der Waals surface area contributed by atoms with Crippen LogP contribution in [-0.2, 0) is 16.1 Å². The fraction of sp³-hybridized carbons (Fsp3) is 0.467. The Labute approximate surface area is 123 Å². The molecule has 21 heavy (non-hydrogen) atoms. The number of ether oxygens (including phenoxy) is 2. The van der Waals surface area contributed by atoms with Gasteiger partial charge in [-0.1, -0.05) is 19.9 Å². The summed E-state index contributed by atoms with van der Waals surface area (Å²) < 4.78 is 10.5. The van der Waals surface area contributed by atoms with Gasteiger partial charge in [0.25, 0.3) is 0 Å². The second-order valence-corrected chi connectivity index (χ2v) is 5.85. The Hall–Kier alpha value is -2.24. The fourth-order valence-electron chi connectivity index (χ4n) is 2.20. The van der Waals surface area contributed by atoms with E-state index < -0.39 is 11.4 Å². The lowest BCUT2D eigenvalue weighted by Crippen LogP contribution is -2.33. The zero-order valence-corrected chi connectivity index (χ0v) is 12.1. The molecule has 114 valence electrons. The van der Waals surface area contributed by atoms with Crippen molar-refractivity contribution in [3.05, 3.63) is 23.8 Å². The van der Waals surface area contributed by atoms with Crippen molar-refractivity contribution < 1.29 is 24.2 Å². The second kappa shape index (κ2) is 6.03. The molecule has 0 aromatic heterocycles. The third-order valence-corrected chi connectivity index (χ3v) is 3.19. The highest BCUT2D eigenvalue weighted by molar-refractivity contribution is 5.77. The molecule has 0 aliphatic carbocycles. The average Bonchev–Trinajstić information content (AvgIpc) is 2.81. The molecule has 1 heterocycles. The maximum absolute atomic E-state index is 11.9. The molecule has 1 aromatic rings. The van der Waals surface area contributed by atoms with Crippen molar-refractivity contribution in [2.45, 2.75) is 33.2 Å². The number of amides is 1. The Morgan fingerprint density at radius 3 is 2.67 bits per heavy atom. The Morgan fingerprint density at radius 2 is 1.95 bits per heavy atom. The molecular weight excluding hydrogens is 274 g/mol. The number of carboxylic acids is 1. The van der Waals surface area contributed by atoms with Crippen LogP contribution in [0.4, 0.5) is 0 Å². The largest absolute Gasteiger partial charge is 0.550 e. The van der Waals surface area contributed by atoms with Crippen molar-refractivity contribution in [3.8, 4) is 11.5 Å². The van der Waals surface area contributed by atoms with Crippen molar-refractivity contribution in [1.82, 2.24) is 5.32 Å². The van der Waals surface area contributed by atoms with Gasteiger partial charge in [-0.25, -0.2) is 0 Å². The van der Waals surface area contributed by atoms with Crippen molar-refractivity contribution >= 4 is 11.9 Å². The number of hydrogen-bond donors (Lipinski definition) is 1. The molecule has 0 atom stereocenters. The SMILES string of the molecule is CC(C)(CC(=O)[O-])CC(=O)NCc1ccc2c(c1)OCO2. The molecule has 0 fully saturated rings. The standard InChI is InChI=1S/C15H19NO5/c1-15(2,7-14(18)19)6-13(17)16-8-10-3-4-11-12(5-10)21-9-20-11/h3-5H,6-9H2,1-2H3,(H,16,17)(H,18,19)/p-1. The number of rotatable bonds is 6. The van der Waals surface area contributed by atoms with Gasteiger partial charge in [0.15, 0.2) is 11.5 Å². The van der Waals surface area contributed by atoms with Crippen molar-refractivity contribution in [2.75, 3.05) is 6.79 Å². The van der Waals surface area contributed by atoms with Gasteiger partial charge in [0.1, 0.15) is 0 Å². The van der Waals surface area contributed by atoms with E-state index in [1.54, 1.807) is 19.9 Å². The van der Waals surface area contributed by atoms with Gasteiger partial charge in [-0.3, -0.25) is 4.79 Å². The predicted octanol–water partition coefficient (Wildman–Crippen LogP) is 0.588. The topological polar surface area (TPSA) is 87.7 Å². The van der Waals surface area contributed by atoms with Crippen LogP contribution in [0.5, 0.6) is 11.5 Å². The summed E-state index contributed by atoms with van der Waals surface area (Å²) in [6, 6.07) is 5.46. The van der Waals surface area contributed by atoms with Crippen molar-refractivity contribution in [1.29, 1.82) is 0 Å². The first-order valence-corrected chi connectivity index (χ1v) is 6.71. The monoisotopic (exact) mass is 292 g/mol. The van der Waals surface area contributed by atoms with Crippen LogP contribution in [0.15, 0.2) is 18.2 Å². The molecule has 0 saturated carbocycles. The molecule has 6 nitrogen and oxygen atoms in total. The molecule has 1 N–H and O–H groups in total. The van der Waals surface area contributed by atoms with E-state index in [4.69, 9.17) is 9.47 Å². The van der Waals surface area contributed by atoms with Gasteiger partial charge in [0.05, 0.1) is 0 Å². The number of nitrogens with one attached hydrogen (secondary N) is 1. The summed E-state index contributed by atoms with van der Waals surface area (Å²) in [4.78, 5) is 22.5. The maximum Gasteiger partial charge on any atom is 0.231 e. The van der Waals surface area contributed by atoms with Gasteiger partial charge < -0.3 is 24.7 Å². The van der Waals surface area contributed by atoms with E-state index in [0.717, 1.165) is 5.56 Å². The van der Waals surface area contributed by atoms with Crippen LogP contribution < -0.4 is 19.9 Å². The number of aliphatic carboxylic acids is 1. The molecule has 0 spiro atoms. The minimum absolute atomic E-state index is 0.130. The quantitative estimate of drug-likeness (QED) is 0.829. The molecule has 6 heteroatoms. The fourth-order valence-corrected chi connectivity index (χ4v) is 2.20. The number of carboxylic acid groups (broad SMARTS) is 1. The van der Waals surface area contributed by atoms with Gasteiger partial charge in [0, 0.05) is 18.9 Å². The predicted molar refractivity (Wildman–Crippen MR) is 72.4 cm³/mol. The molecule has 1 aliphatic heterocycles. The molecule has 0 saturated heterocycles. The zero-order chi connectivity index (χ0) is 15.5. The number of carbonyl (C=O) groups is 2. The highest BCUT2D eigenvalue weighted by Crippen LogP contribution is 2.32. The smallest absolute Gasteiger partial charge is 0.231 e. The third-order valence-electron chi connectivity index (χ3n) is 3.19. The van der Waals surface area contributed by atoms with Gasteiger partial charge in [-0.2, -0.15) is 0 Å². The van der Waals surface area contributed by atoms with Crippen LogP contribution >= 0.6 is 0 Å². The van der Waals surface area contributed by atoms with Crippen LogP contribution in [0.25, 0.3) is 0 Å². The first kappa shape index (κ1) is 15.2. The lowest BCUT2D eigenvalue weighted by molar-refractivity contribution is -0.307. The van der Waals surface area contributed by atoms with Gasteiger partial charge in [-0.15, -0.1) is 0 Å². The summed E-state index contributed by atoms with van der Waals surface area (Å²) in [5.41, 5.74) is 0.267. The summed E-state index contributed by atoms with van der Waals surface area (Å²) >= 11 is 0.